The first-order chi connectivity index (χ1) is 21.7. The molecular formula is C40H39P3Si. The summed E-state index contributed by atoms with van der Waals surface area (Å²) in [6, 6.07) is 68.2. The van der Waals surface area contributed by atoms with E-state index in [1.807, 2.05) is 0 Å². The van der Waals surface area contributed by atoms with Crippen molar-refractivity contribution < 1.29 is 0 Å². The normalized spacial score (nSPS) is 11.7. The first kappa shape index (κ1) is 30.8. The van der Waals surface area contributed by atoms with Crippen LogP contribution in [0.4, 0.5) is 0 Å². The molecule has 6 aromatic rings. The van der Waals surface area contributed by atoms with Crippen LogP contribution in [0, 0.1) is 0 Å². The molecule has 0 amide bonds. The maximum Gasteiger partial charge on any atom is 0.0651 e. The monoisotopic (exact) mass is 640 g/mol. The van der Waals surface area contributed by atoms with Gasteiger partial charge in [0.25, 0.3) is 0 Å². The summed E-state index contributed by atoms with van der Waals surface area (Å²) in [6.07, 6.45) is 0. The van der Waals surface area contributed by atoms with Crippen LogP contribution in [0.5, 0.6) is 0 Å². The standard InChI is InChI=1S/C40H39P3Si/c1-44(32-41(35-20-8-2-9-21-35)36-22-10-3-11-23-36,33-42(37-24-12-4-13-25-37)38-26-14-5-15-27-38)34-43(39-28-16-6-17-29-39)40-30-18-7-19-31-40/h2-31H,32-34H2,1H3. The summed E-state index contributed by atoms with van der Waals surface area (Å²) in [5, 5.41) is 9.00. The highest BCUT2D eigenvalue weighted by molar-refractivity contribution is 7.80. The van der Waals surface area contributed by atoms with E-state index in [1.165, 1.54) is 49.2 Å². The molecule has 4 heteroatoms. The molecule has 44 heavy (non-hydrogen) atoms. The Labute approximate surface area is 268 Å². The highest BCUT2D eigenvalue weighted by Crippen LogP contribution is 2.47. The van der Waals surface area contributed by atoms with Crippen molar-refractivity contribution >= 4 is 63.7 Å². The van der Waals surface area contributed by atoms with Crippen molar-refractivity contribution in [1.29, 1.82) is 0 Å². The molecule has 218 valence electrons. The van der Waals surface area contributed by atoms with Crippen LogP contribution in [-0.4, -0.2) is 25.4 Å². The minimum Gasteiger partial charge on any atom is -0.0683 e. The van der Waals surface area contributed by atoms with Crippen LogP contribution >= 0.6 is 23.8 Å². The van der Waals surface area contributed by atoms with Crippen LogP contribution in [0.25, 0.3) is 0 Å². The maximum absolute atomic E-state index is 2.75. The van der Waals surface area contributed by atoms with Crippen LogP contribution in [0.2, 0.25) is 6.55 Å². The van der Waals surface area contributed by atoms with E-state index in [2.05, 4.69) is 189 Å². The first-order valence-corrected chi connectivity index (χ1v) is 23.0. The van der Waals surface area contributed by atoms with Gasteiger partial charge in [0.1, 0.15) is 0 Å². The Morgan fingerprint density at radius 2 is 0.455 bits per heavy atom. The third-order valence-electron chi connectivity index (χ3n) is 8.03. The minimum atomic E-state index is -1.95. The van der Waals surface area contributed by atoms with Crippen LogP contribution in [0.3, 0.4) is 0 Å². The largest absolute Gasteiger partial charge is 0.0683 e. The molecule has 0 aliphatic rings. The third-order valence-corrected chi connectivity index (χ3v) is 26.5. The Morgan fingerprint density at radius 3 is 0.614 bits per heavy atom. The first-order valence-electron chi connectivity index (χ1n) is 15.3. The molecule has 0 heterocycles. The fourth-order valence-electron chi connectivity index (χ4n) is 5.94. The lowest BCUT2D eigenvalue weighted by atomic mass is 10.4. The SMILES string of the molecule is C[Si](CP(c1ccccc1)c1ccccc1)(CP(c1ccccc1)c1ccccc1)CP(c1ccccc1)c1ccccc1. The second-order valence-electron chi connectivity index (χ2n) is 11.6. The number of hydrogen-bond acceptors (Lipinski definition) is 0. The summed E-state index contributed by atoms with van der Waals surface area (Å²) < 4.78 is 0. The van der Waals surface area contributed by atoms with Crippen molar-refractivity contribution in [2.45, 2.75) is 6.55 Å². The van der Waals surface area contributed by atoms with Gasteiger partial charge < -0.3 is 0 Å². The van der Waals surface area contributed by atoms with Gasteiger partial charge in [-0.15, -0.1) is 0 Å². The molecule has 0 unspecified atom stereocenters. The minimum absolute atomic E-state index is 0.493. The van der Waals surface area contributed by atoms with Gasteiger partial charge in [0.05, 0.1) is 8.07 Å². The Balaban J connectivity index is 1.48. The lowest BCUT2D eigenvalue weighted by molar-refractivity contribution is 1.58. The maximum atomic E-state index is 2.75. The summed E-state index contributed by atoms with van der Waals surface area (Å²) in [4.78, 5) is 0. The lowest BCUT2D eigenvalue weighted by Gasteiger charge is -2.38. The van der Waals surface area contributed by atoms with Crippen molar-refractivity contribution in [3.8, 4) is 0 Å². The molecule has 0 nitrogen and oxygen atoms in total. The Hall–Kier alpha value is -3.17. The molecule has 0 fully saturated rings. The van der Waals surface area contributed by atoms with Gasteiger partial charge in [-0.2, -0.15) is 0 Å². The molecule has 0 bridgehead atoms. The highest BCUT2D eigenvalue weighted by atomic mass is 31.1. The van der Waals surface area contributed by atoms with Gasteiger partial charge in [-0.25, -0.2) is 0 Å². The van der Waals surface area contributed by atoms with Gasteiger partial charge >= 0.3 is 0 Å². The van der Waals surface area contributed by atoms with Crippen molar-refractivity contribution in [3.63, 3.8) is 0 Å². The number of benzene rings is 6. The number of rotatable bonds is 12. The average Bonchev–Trinajstić information content (AvgIpc) is 3.11. The average molecular weight is 641 g/mol. The second kappa shape index (κ2) is 15.2. The molecule has 6 rings (SSSR count). The van der Waals surface area contributed by atoms with Crippen molar-refractivity contribution in [1.82, 2.24) is 0 Å². The molecule has 0 aliphatic heterocycles. The van der Waals surface area contributed by atoms with Crippen LogP contribution < -0.4 is 31.8 Å². The Kier molecular flexibility index (Phi) is 10.7. The van der Waals surface area contributed by atoms with Gasteiger partial charge in [0.15, 0.2) is 0 Å². The molecule has 0 aliphatic carbocycles. The summed E-state index contributed by atoms with van der Waals surface area (Å²) in [7, 11) is -3.43. The molecule has 0 radical (unpaired) electrons. The molecule has 0 saturated carbocycles. The zero-order valence-electron chi connectivity index (χ0n) is 25.3. The van der Waals surface area contributed by atoms with Gasteiger partial charge in [0.2, 0.25) is 0 Å². The van der Waals surface area contributed by atoms with Gasteiger partial charge in [-0.3, -0.25) is 0 Å². The van der Waals surface area contributed by atoms with E-state index < -0.39 is 31.8 Å². The predicted octanol–water partition coefficient (Wildman–Crippen LogP) is 8.08. The van der Waals surface area contributed by atoms with E-state index in [1.54, 1.807) is 0 Å². The Morgan fingerprint density at radius 1 is 0.295 bits per heavy atom. The molecule has 0 spiro atoms. The van der Waals surface area contributed by atoms with Crippen LogP contribution in [0.1, 0.15) is 0 Å². The van der Waals surface area contributed by atoms with Crippen LogP contribution in [-0.2, 0) is 0 Å². The molecule has 0 N–H and O–H groups in total. The molecule has 6 aromatic carbocycles. The molecular weight excluding hydrogens is 601 g/mol. The smallest absolute Gasteiger partial charge is 0.0651 e. The topological polar surface area (TPSA) is 0 Å². The predicted molar refractivity (Wildman–Crippen MR) is 203 cm³/mol. The van der Waals surface area contributed by atoms with Crippen molar-refractivity contribution in [3.05, 3.63) is 182 Å². The summed E-state index contributed by atoms with van der Waals surface area (Å²) in [6.45, 7) is 2.75. The van der Waals surface area contributed by atoms with Crippen molar-refractivity contribution in [2.75, 3.05) is 17.4 Å². The third kappa shape index (κ3) is 7.91. The quantitative estimate of drug-likeness (QED) is 0.0938. The van der Waals surface area contributed by atoms with E-state index in [0.717, 1.165) is 0 Å². The fraction of sp³-hybridized carbons (Fsp3) is 0.100. The van der Waals surface area contributed by atoms with Gasteiger partial charge in [0, 0.05) is 0 Å². The van der Waals surface area contributed by atoms with Gasteiger partial charge in [-0.05, 0) is 72.9 Å². The van der Waals surface area contributed by atoms with E-state index in [0.29, 0.717) is 0 Å². The van der Waals surface area contributed by atoms with Crippen molar-refractivity contribution in [2.24, 2.45) is 0 Å². The molecule has 0 aromatic heterocycles. The van der Waals surface area contributed by atoms with Gasteiger partial charge in [-0.1, -0.05) is 189 Å². The van der Waals surface area contributed by atoms with E-state index >= 15 is 0 Å². The molecule has 0 saturated heterocycles. The fourth-order valence-corrected chi connectivity index (χ4v) is 27.5. The Bertz CT molecular complexity index is 1360. The summed E-state index contributed by atoms with van der Waals surface area (Å²) >= 11 is 0. The number of hydrogen-bond donors (Lipinski definition) is 0. The van der Waals surface area contributed by atoms with E-state index in [4.69, 9.17) is 0 Å². The van der Waals surface area contributed by atoms with E-state index in [-0.39, 0.29) is 0 Å². The zero-order valence-corrected chi connectivity index (χ0v) is 29.0. The summed E-state index contributed by atoms with van der Waals surface area (Å²) in [5.41, 5.74) is 0. The molecule has 0 atom stereocenters. The summed E-state index contributed by atoms with van der Waals surface area (Å²) in [5.74, 6) is 3.86. The van der Waals surface area contributed by atoms with Crippen LogP contribution in [0.15, 0.2) is 182 Å². The van der Waals surface area contributed by atoms with E-state index in [9.17, 15) is 0 Å². The second-order valence-corrected chi connectivity index (χ2v) is 24.7. The highest BCUT2D eigenvalue weighted by Gasteiger charge is 2.38. The lowest BCUT2D eigenvalue weighted by Crippen LogP contribution is -2.48. The zero-order chi connectivity index (χ0) is 30.0.